The molecule has 3 aliphatic carbocycles. The molecule has 62 heavy (non-hydrogen) atoms. The molecule has 7 aromatic rings. The van der Waals surface area contributed by atoms with Crippen molar-refractivity contribution in [3.63, 3.8) is 0 Å². The van der Waals surface area contributed by atoms with Crippen molar-refractivity contribution < 1.29 is 0 Å². The second kappa shape index (κ2) is 14.4. The summed E-state index contributed by atoms with van der Waals surface area (Å²) in [6, 6.07) is 58.8. The van der Waals surface area contributed by atoms with Crippen LogP contribution >= 0.6 is 0 Å². The molecule has 1 aliphatic heterocycles. The monoisotopic (exact) mass is 800 g/mol. The number of fused-ring (bicyclic) bond motifs is 6. The van der Waals surface area contributed by atoms with Crippen LogP contribution < -0.4 is 0 Å². The summed E-state index contributed by atoms with van der Waals surface area (Å²) in [4.78, 5) is 7.61. The van der Waals surface area contributed by atoms with Gasteiger partial charge in [-0.1, -0.05) is 174 Å². The van der Waals surface area contributed by atoms with E-state index < -0.39 is 0 Å². The van der Waals surface area contributed by atoms with Crippen LogP contribution in [0.25, 0.3) is 61.4 Å². The van der Waals surface area contributed by atoms with Crippen molar-refractivity contribution >= 4 is 22.7 Å². The van der Waals surface area contributed by atoms with Crippen molar-refractivity contribution in [2.24, 2.45) is 10.9 Å². The molecule has 0 spiro atoms. The summed E-state index contributed by atoms with van der Waals surface area (Å²) in [5.74, 6) is 1.43. The summed E-state index contributed by atoms with van der Waals surface area (Å²) >= 11 is 0. The Balaban J connectivity index is 0.868. The first-order valence-corrected chi connectivity index (χ1v) is 22.3. The second-order valence-corrected chi connectivity index (χ2v) is 18.9. The van der Waals surface area contributed by atoms with E-state index in [-0.39, 0.29) is 10.8 Å². The van der Waals surface area contributed by atoms with Crippen LogP contribution in [0.2, 0.25) is 0 Å². The lowest BCUT2D eigenvalue weighted by atomic mass is 9.79. The average molecular weight is 801 g/mol. The van der Waals surface area contributed by atoms with Gasteiger partial charge in [0.1, 0.15) is 5.84 Å². The fourth-order valence-corrected chi connectivity index (χ4v) is 10.7. The summed E-state index contributed by atoms with van der Waals surface area (Å²) in [6.45, 7) is 12.6. The molecule has 1 heterocycles. The van der Waals surface area contributed by atoms with E-state index in [2.05, 4.69) is 223 Å². The van der Waals surface area contributed by atoms with Gasteiger partial charge in [0.2, 0.25) is 0 Å². The third kappa shape index (κ3) is 6.18. The molecule has 0 bridgehead atoms. The van der Waals surface area contributed by atoms with Gasteiger partial charge in [-0.3, -0.25) is 0 Å². The number of aliphatic imine (C=N–C) groups is 1. The van der Waals surface area contributed by atoms with Crippen LogP contribution in [0.4, 0.5) is 0 Å². The highest BCUT2D eigenvalue weighted by molar-refractivity contribution is 6.04. The molecule has 0 saturated carbocycles. The standard InChI is InChI=1S/C60H52N2/c1-38-24-25-43(35-52(38)45-27-29-51-49-21-8-10-23-54(49)60(4,5)56(51)37-45)41-16-12-18-46(33-41)57-30-31-62(6)58(61-57)47-19-13-17-42(34-47)39-14-11-15-40(32-39)44-26-28-50-48-20-7-9-22-53(48)59(2,3)55(50)36-44/h7-23,25-30,32-38H,24,31H2,1-6H3. The quantitative estimate of drug-likeness (QED) is 0.164. The second-order valence-electron chi connectivity index (χ2n) is 18.9. The minimum Gasteiger partial charge on any atom is -0.355 e. The van der Waals surface area contributed by atoms with Crippen LogP contribution in [-0.2, 0) is 10.8 Å². The molecule has 0 radical (unpaired) electrons. The van der Waals surface area contributed by atoms with Crippen molar-refractivity contribution in [1.82, 2.24) is 4.90 Å². The van der Waals surface area contributed by atoms with Gasteiger partial charge in [-0.15, -0.1) is 0 Å². The van der Waals surface area contributed by atoms with Gasteiger partial charge in [-0.25, -0.2) is 4.99 Å². The zero-order valence-electron chi connectivity index (χ0n) is 36.6. The largest absolute Gasteiger partial charge is 0.355 e. The molecular formula is C60H52N2. The zero-order chi connectivity index (χ0) is 42.3. The van der Waals surface area contributed by atoms with Crippen LogP contribution in [0.5, 0.6) is 0 Å². The normalized spacial score (nSPS) is 17.8. The van der Waals surface area contributed by atoms with Crippen molar-refractivity contribution in [1.29, 1.82) is 0 Å². The number of amidine groups is 1. The van der Waals surface area contributed by atoms with Crippen LogP contribution in [0, 0.1) is 5.92 Å². The summed E-state index contributed by atoms with van der Waals surface area (Å²) in [7, 11) is 2.14. The maximum atomic E-state index is 5.36. The molecule has 1 atom stereocenters. The van der Waals surface area contributed by atoms with E-state index in [1.807, 2.05) is 0 Å². The van der Waals surface area contributed by atoms with Crippen molar-refractivity contribution in [2.75, 3.05) is 13.6 Å². The molecule has 2 nitrogen and oxygen atoms in total. The molecule has 0 fully saturated rings. The molecule has 0 N–H and O–H groups in total. The highest BCUT2D eigenvalue weighted by Crippen LogP contribution is 2.51. The predicted octanol–water partition coefficient (Wildman–Crippen LogP) is 14.9. The summed E-state index contributed by atoms with van der Waals surface area (Å²) in [5, 5.41) is 0. The fourth-order valence-electron chi connectivity index (χ4n) is 10.7. The summed E-state index contributed by atoms with van der Waals surface area (Å²) in [5.41, 5.74) is 24.4. The fraction of sp³-hybridized carbons (Fsp3) is 0.183. The number of likely N-dealkylation sites (N-methyl/N-ethyl adjacent to an activating group) is 1. The number of allylic oxidation sites excluding steroid dienone is 4. The SMILES string of the molecule is CC1CC=C(c2cccc(C3=CCN(C)C(c4cccc(-c5cccc(-c6ccc7c(c6)C(C)(C)c6ccccc6-7)c5)c4)=N3)c2)C=C1c1ccc2c(c1)C(C)(C)c1ccccc1-2. The van der Waals surface area contributed by atoms with Gasteiger partial charge in [0.25, 0.3) is 0 Å². The van der Waals surface area contributed by atoms with Gasteiger partial charge in [-0.05, 0) is 138 Å². The van der Waals surface area contributed by atoms with Gasteiger partial charge in [0, 0.05) is 35.5 Å². The molecule has 7 aromatic carbocycles. The lowest BCUT2D eigenvalue weighted by Crippen LogP contribution is -2.30. The van der Waals surface area contributed by atoms with Crippen molar-refractivity contribution in [3.05, 3.63) is 220 Å². The lowest BCUT2D eigenvalue weighted by Gasteiger charge is -2.26. The molecule has 0 amide bonds. The highest BCUT2D eigenvalue weighted by atomic mass is 15.2. The number of hydrogen-bond donors (Lipinski definition) is 0. The predicted molar refractivity (Wildman–Crippen MR) is 262 cm³/mol. The maximum Gasteiger partial charge on any atom is 0.136 e. The van der Waals surface area contributed by atoms with Crippen molar-refractivity contribution in [2.45, 2.75) is 51.9 Å². The number of rotatable bonds is 6. The Morgan fingerprint density at radius 2 is 0.952 bits per heavy atom. The first-order chi connectivity index (χ1) is 30.0. The Hall–Kier alpha value is -6.77. The minimum atomic E-state index is -0.0311. The van der Waals surface area contributed by atoms with Crippen LogP contribution in [0.3, 0.4) is 0 Å². The number of benzene rings is 7. The molecule has 11 rings (SSSR count). The number of hydrogen-bond acceptors (Lipinski definition) is 2. The maximum absolute atomic E-state index is 5.36. The molecule has 302 valence electrons. The van der Waals surface area contributed by atoms with E-state index in [4.69, 9.17) is 4.99 Å². The lowest BCUT2D eigenvalue weighted by molar-refractivity contribution is 0.559. The van der Waals surface area contributed by atoms with E-state index in [0.717, 1.165) is 35.6 Å². The van der Waals surface area contributed by atoms with E-state index >= 15 is 0 Å². The summed E-state index contributed by atoms with van der Waals surface area (Å²) < 4.78 is 0. The van der Waals surface area contributed by atoms with Crippen LogP contribution in [-0.4, -0.2) is 24.3 Å². The molecule has 4 aliphatic rings. The number of nitrogens with zero attached hydrogens (tertiary/aromatic N) is 2. The first-order valence-electron chi connectivity index (χ1n) is 22.3. The van der Waals surface area contributed by atoms with Gasteiger partial charge in [0.05, 0.1) is 5.70 Å². The molecule has 0 aromatic heterocycles. The molecule has 2 heteroatoms. The first kappa shape index (κ1) is 38.2. The van der Waals surface area contributed by atoms with Gasteiger partial charge in [-0.2, -0.15) is 0 Å². The smallest absolute Gasteiger partial charge is 0.136 e. The Morgan fingerprint density at radius 1 is 0.468 bits per heavy atom. The minimum absolute atomic E-state index is 0.0179. The van der Waals surface area contributed by atoms with E-state index in [9.17, 15) is 0 Å². The van der Waals surface area contributed by atoms with E-state index in [1.54, 1.807) is 0 Å². The zero-order valence-corrected chi connectivity index (χ0v) is 36.6. The van der Waals surface area contributed by atoms with Crippen LogP contribution in [0.1, 0.15) is 85.5 Å². The third-order valence-electron chi connectivity index (χ3n) is 14.3. The molecule has 1 unspecified atom stereocenters. The topological polar surface area (TPSA) is 15.6 Å². The van der Waals surface area contributed by atoms with Gasteiger partial charge in [0.15, 0.2) is 0 Å². The molecular weight excluding hydrogens is 749 g/mol. The Labute approximate surface area is 367 Å². The highest BCUT2D eigenvalue weighted by Gasteiger charge is 2.37. The van der Waals surface area contributed by atoms with Gasteiger partial charge < -0.3 is 4.90 Å². The van der Waals surface area contributed by atoms with Crippen molar-refractivity contribution in [3.8, 4) is 44.5 Å². The van der Waals surface area contributed by atoms with Gasteiger partial charge >= 0.3 is 0 Å². The Morgan fingerprint density at radius 3 is 1.60 bits per heavy atom. The summed E-state index contributed by atoms with van der Waals surface area (Å²) in [6.07, 6.45) is 8.13. The Bertz CT molecular complexity index is 3110. The molecule has 0 saturated heterocycles. The third-order valence-corrected chi connectivity index (χ3v) is 14.3. The van der Waals surface area contributed by atoms with E-state index in [0.29, 0.717) is 5.92 Å². The van der Waals surface area contributed by atoms with E-state index in [1.165, 1.54) is 89.0 Å². The van der Waals surface area contributed by atoms with Crippen LogP contribution in [0.15, 0.2) is 181 Å². The Kier molecular flexibility index (Phi) is 8.88. The average Bonchev–Trinajstić information content (AvgIpc) is 3.68.